The Morgan fingerprint density at radius 1 is 1.42 bits per heavy atom. The van der Waals surface area contributed by atoms with Gasteiger partial charge in [0.15, 0.2) is 5.96 Å². The van der Waals surface area contributed by atoms with E-state index in [1.165, 1.54) is 5.69 Å². The molecule has 5 nitrogen and oxygen atoms in total. The van der Waals surface area contributed by atoms with Crippen LogP contribution in [0.25, 0.3) is 0 Å². The van der Waals surface area contributed by atoms with Gasteiger partial charge in [0, 0.05) is 43.8 Å². The maximum atomic E-state index is 5.55. The zero-order valence-electron chi connectivity index (χ0n) is 14.9. The fraction of sp³-hybridized carbons (Fsp3) is 0.611. The highest BCUT2D eigenvalue weighted by atomic mass is 79.9. The van der Waals surface area contributed by atoms with E-state index < -0.39 is 0 Å². The first kappa shape index (κ1) is 19.1. The molecule has 0 aliphatic carbocycles. The minimum absolute atomic E-state index is 0.296. The van der Waals surface area contributed by atoms with Crippen molar-refractivity contribution >= 4 is 27.6 Å². The predicted octanol–water partition coefficient (Wildman–Crippen LogP) is 3.01. The number of halogens is 1. The van der Waals surface area contributed by atoms with E-state index in [2.05, 4.69) is 68.5 Å². The average molecular weight is 397 g/mol. The van der Waals surface area contributed by atoms with Crippen LogP contribution in [-0.2, 0) is 4.74 Å². The molecule has 1 atom stereocenters. The van der Waals surface area contributed by atoms with Crippen molar-refractivity contribution in [3.05, 3.63) is 28.7 Å². The number of hydrogen-bond acceptors (Lipinski definition) is 3. The second-order valence-corrected chi connectivity index (χ2v) is 7.15. The lowest BCUT2D eigenvalue weighted by Gasteiger charge is -2.21. The Kier molecular flexibility index (Phi) is 7.85. The normalized spacial score (nSPS) is 18.3. The van der Waals surface area contributed by atoms with E-state index in [0.29, 0.717) is 12.1 Å². The summed E-state index contributed by atoms with van der Waals surface area (Å²) in [4.78, 5) is 6.73. The molecule has 1 aliphatic heterocycles. The van der Waals surface area contributed by atoms with Crippen molar-refractivity contribution in [1.82, 2.24) is 10.6 Å². The lowest BCUT2D eigenvalue weighted by molar-refractivity contribution is 0.0776. The van der Waals surface area contributed by atoms with Crippen LogP contribution in [0.2, 0.25) is 0 Å². The van der Waals surface area contributed by atoms with Gasteiger partial charge in [-0.1, -0.05) is 12.1 Å². The lowest BCUT2D eigenvalue weighted by atomic mass is 10.2. The fourth-order valence-corrected chi connectivity index (χ4v) is 3.33. The summed E-state index contributed by atoms with van der Waals surface area (Å²) in [5.74, 6) is 0.874. The van der Waals surface area contributed by atoms with Crippen molar-refractivity contribution in [2.24, 2.45) is 4.99 Å². The highest BCUT2D eigenvalue weighted by Gasteiger charge is 2.24. The van der Waals surface area contributed by atoms with Gasteiger partial charge in [0.25, 0.3) is 0 Å². The highest BCUT2D eigenvalue weighted by Crippen LogP contribution is 2.28. The van der Waals surface area contributed by atoms with Crippen LogP contribution < -0.4 is 15.5 Å². The van der Waals surface area contributed by atoms with Crippen molar-refractivity contribution < 1.29 is 4.74 Å². The number of para-hydroxylation sites is 1. The number of ether oxygens (including phenoxy) is 1. The summed E-state index contributed by atoms with van der Waals surface area (Å²) in [5, 5.41) is 6.89. The van der Waals surface area contributed by atoms with Gasteiger partial charge in [-0.3, -0.25) is 4.99 Å². The van der Waals surface area contributed by atoms with Gasteiger partial charge in [-0.15, -0.1) is 0 Å². The van der Waals surface area contributed by atoms with Gasteiger partial charge in [-0.25, -0.2) is 0 Å². The molecule has 1 unspecified atom stereocenters. The molecule has 1 heterocycles. The molecule has 1 aromatic rings. The maximum absolute atomic E-state index is 5.55. The summed E-state index contributed by atoms with van der Waals surface area (Å²) >= 11 is 3.64. The summed E-state index contributed by atoms with van der Waals surface area (Å²) in [6, 6.07) is 8.80. The topological polar surface area (TPSA) is 48.9 Å². The Bertz CT molecular complexity index is 536. The van der Waals surface area contributed by atoms with Crippen molar-refractivity contribution in [2.75, 3.05) is 38.2 Å². The van der Waals surface area contributed by atoms with Crippen molar-refractivity contribution in [2.45, 2.75) is 38.8 Å². The van der Waals surface area contributed by atoms with Gasteiger partial charge in [0.1, 0.15) is 0 Å². The van der Waals surface area contributed by atoms with Crippen LogP contribution in [0, 0.1) is 0 Å². The molecule has 1 aromatic carbocycles. The zero-order valence-corrected chi connectivity index (χ0v) is 16.5. The molecule has 6 heteroatoms. The summed E-state index contributed by atoms with van der Waals surface area (Å²) in [7, 11) is 1.82. The van der Waals surface area contributed by atoms with Crippen LogP contribution in [0.15, 0.2) is 33.7 Å². The first-order valence-electron chi connectivity index (χ1n) is 8.68. The van der Waals surface area contributed by atoms with Crippen LogP contribution in [0.5, 0.6) is 0 Å². The second-order valence-electron chi connectivity index (χ2n) is 6.30. The SMILES string of the molecule is CN=C(NCCCOC(C)C)NC1CCN(c2ccccc2Br)C1. The van der Waals surface area contributed by atoms with E-state index in [4.69, 9.17) is 4.74 Å². The van der Waals surface area contributed by atoms with Gasteiger partial charge in [0.2, 0.25) is 0 Å². The molecule has 0 radical (unpaired) electrons. The van der Waals surface area contributed by atoms with Crippen molar-refractivity contribution in [3.8, 4) is 0 Å². The molecular formula is C18H29BrN4O. The second kappa shape index (κ2) is 9.89. The molecule has 1 saturated heterocycles. The number of benzene rings is 1. The predicted molar refractivity (Wildman–Crippen MR) is 105 cm³/mol. The van der Waals surface area contributed by atoms with E-state index in [9.17, 15) is 0 Å². The number of anilines is 1. The molecule has 1 aliphatic rings. The molecule has 134 valence electrons. The quantitative estimate of drug-likeness (QED) is 0.422. The third-order valence-electron chi connectivity index (χ3n) is 4.01. The smallest absolute Gasteiger partial charge is 0.191 e. The first-order valence-corrected chi connectivity index (χ1v) is 9.47. The summed E-state index contributed by atoms with van der Waals surface area (Å²) in [6.45, 7) is 7.81. The molecule has 1 fully saturated rings. The summed E-state index contributed by atoms with van der Waals surface area (Å²) in [6.07, 6.45) is 2.38. The average Bonchev–Trinajstić information content (AvgIpc) is 3.02. The Morgan fingerprint density at radius 3 is 2.92 bits per heavy atom. The van der Waals surface area contributed by atoms with Gasteiger partial charge in [0.05, 0.1) is 11.8 Å². The lowest BCUT2D eigenvalue weighted by Crippen LogP contribution is -2.45. The Labute approximate surface area is 154 Å². The van der Waals surface area contributed by atoms with Crippen LogP contribution in [0.4, 0.5) is 5.69 Å². The van der Waals surface area contributed by atoms with Crippen molar-refractivity contribution in [3.63, 3.8) is 0 Å². The van der Waals surface area contributed by atoms with Crippen LogP contribution in [0.3, 0.4) is 0 Å². The van der Waals surface area contributed by atoms with Gasteiger partial charge in [-0.05, 0) is 54.8 Å². The zero-order chi connectivity index (χ0) is 17.4. The van der Waals surface area contributed by atoms with Crippen LogP contribution in [0.1, 0.15) is 26.7 Å². The summed E-state index contributed by atoms with van der Waals surface area (Å²) < 4.78 is 6.70. The molecule has 0 spiro atoms. The van der Waals surface area contributed by atoms with Gasteiger partial charge in [-0.2, -0.15) is 0 Å². The molecule has 24 heavy (non-hydrogen) atoms. The molecule has 0 bridgehead atoms. The van der Waals surface area contributed by atoms with E-state index in [1.807, 2.05) is 13.1 Å². The monoisotopic (exact) mass is 396 g/mol. The molecule has 2 rings (SSSR count). The third kappa shape index (κ3) is 5.98. The highest BCUT2D eigenvalue weighted by molar-refractivity contribution is 9.10. The van der Waals surface area contributed by atoms with E-state index in [1.54, 1.807) is 0 Å². The number of nitrogens with zero attached hydrogens (tertiary/aromatic N) is 2. The minimum atomic E-state index is 0.296. The third-order valence-corrected chi connectivity index (χ3v) is 4.68. The standard InChI is InChI=1S/C18H29BrN4O/c1-14(2)24-12-6-10-21-18(20-3)22-15-9-11-23(13-15)17-8-5-4-7-16(17)19/h4-5,7-8,14-15H,6,9-13H2,1-3H3,(H2,20,21,22). The fourth-order valence-electron chi connectivity index (χ4n) is 2.79. The Hall–Kier alpha value is -1.27. The molecule has 2 N–H and O–H groups in total. The van der Waals surface area contributed by atoms with E-state index in [0.717, 1.165) is 49.5 Å². The number of hydrogen-bond donors (Lipinski definition) is 2. The number of aliphatic imine (C=N–C) groups is 1. The first-order chi connectivity index (χ1) is 11.6. The number of rotatable bonds is 7. The summed E-state index contributed by atoms with van der Waals surface area (Å²) in [5.41, 5.74) is 1.26. The van der Waals surface area contributed by atoms with Crippen LogP contribution in [-0.4, -0.2) is 51.4 Å². The molecule has 0 amide bonds. The molecular weight excluding hydrogens is 368 g/mol. The Morgan fingerprint density at radius 2 is 2.21 bits per heavy atom. The number of nitrogens with one attached hydrogen (secondary N) is 2. The minimum Gasteiger partial charge on any atom is -0.379 e. The largest absolute Gasteiger partial charge is 0.379 e. The van der Waals surface area contributed by atoms with Crippen LogP contribution >= 0.6 is 15.9 Å². The van der Waals surface area contributed by atoms with Gasteiger partial charge >= 0.3 is 0 Å². The Balaban J connectivity index is 1.74. The number of guanidine groups is 1. The van der Waals surface area contributed by atoms with E-state index in [-0.39, 0.29) is 0 Å². The van der Waals surface area contributed by atoms with Gasteiger partial charge < -0.3 is 20.3 Å². The molecule has 0 aromatic heterocycles. The van der Waals surface area contributed by atoms with Crippen molar-refractivity contribution in [1.29, 1.82) is 0 Å². The maximum Gasteiger partial charge on any atom is 0.191 e. The van der Waals surface area contributed by atoms with E-state index >= 15 is 0 Å². The molecule has 0 saturated carbocycles.